The Balaban J connectivity index is 1.46. The van der Waals surface area contributed by atoms with Gasteiger partial charge in [0, 0.05) is 18.0 Å². The van der Waals surface area contributed by atoms with Crippen LogP contribution in [-0.2, 0) is 11.2 Å². The lowest BCUT2D eigenvalue weighted by atomic mass is 9.95. The zero-order chi connectivity index (χ0) is 19.2. The van der Waals surface area contributed by atoms with Crippen LogP contribution in [0.15, 0.2) is 11.4 Å². The lowest BCUT2D eigenvalue weighted by molar-refractivity contribution is -0.135. The van der Waals surface area contributed by atoms with E-state index in [-0.39, 0.29) is 6.04 Å². The third kappa shape index (κ3) is 5.33. The van der Waals surface area contributed by atoms with E-state index in [0.717, 1.165) is 38.4 Å². The second-order valence-corrected chi connectivity index (χ2v) is 9.40. The van der Waals surface area contributed by atoms with Gasteiger partial charge >= 0.3 is 0 Å². The van der Waals surface area contributed by atoms with Crippen molar-refractivity contribution in [1.29, 1.82) is 0 Å². The summed E-state index contributed by atoms with van der Waals surface area (Å²) < 4.78 is 0. The fourth-order valence-electron chi connectivity index (χ4n) is 4.70. The second-order valence-electron chi connectivity index (χ2n) is 8.40. The first kappa shape index (κ1) is 20.8. The maximum absolute atomic E-state index is 13.0. The summed E-state index contributed by atoms with van der Waals surface area (Å²) in [6.45, 7) is 10.5. The Kier molecular flexibility index (Phi) is 7.74. The van der Waals surface area contributed by atoms with Gasteiger partial charge in [-0.2, -0.15) is 0 Å². The van der Waals surface area contributed by atoms with E-state index in [1.807, 2.05) is 11.3 Å². The predicted octanol–water partition coefficient (Wildman–Crippen LogP) is 4.03. The summed E-state index contributed by atoms with van der Waals surface area (Å²) in [6, 6.07) is 2.52. The second kappa shape index (κ2) is 10.0. The van der Waals surface area contributed by atoms with Crippen LogP contribution in [0.2, 0.25) is 0 Å². The van der Waals surface area contributed by atoms with Crippen molar-refractivity contribution in [2.24, 2.45) is 5.92 Å². The third-order valence-electron chi connectivity index (χ3n) is 6.33. The van der Waals surface area contributed by atoms with Crippen LogP contribution in [0.4, 0.5) is 0 Å². The molecule has 152 valence electrons. The molecule has 2 aliphatic rings. The van der Waals surface area contributed by atoms with Crippen LogP contribution < -0.4 is 0 Å². The highest BCUT2D eigenvalue weighted by Gasteiger charge is 2.31. The number of carbonyl (C=O) groups is 1. The predicted molar refractivity (Wildman–Crippen MR) is 114 cm³/mol. The quantitative estimate of drug-likeness (QED) is 0.669. The monoisotopic (exact) mass is 391 g/mol. The number of likely N-dealkylation sites (tertiary alicyclic amines) is 1. The summed E-state index contributed by atoms with van der Waals surface area (Å²) in [6.07, 6.45) is 7.07. The van der Waals surface area contributed by atoms with E-state index < -0.39 is 0 Å². The van der Waals surface area contributed by atoms with Crippen LogP contribution >= 0.6 is 11.3 Å². The Morgan fingerprint density at radius 2 is 2.04 bits per heavy atom. The molecule has 27 heavy (non-hydrogen) atoms. The van der Waals surface area contributed by atoms with Crippen LogP contribution in [-0.4, -0.2) is 66.9 Å². The van der Waals surface area contributed by atoms with Gasteiger partial charge in [-0.3, -0.25) is 9.69 Å². The number of amides is 1. The first-order chi connectivity index (χ1) is 13.1. The molecule has 2 aliphatic heterocycles. The summed E-state index contributed by atoms with van der Waals surface area (Å²) in [5.41, 5.74) is 1.40. The van der Waals surface area contributed by atoms with Crippen LogP contribution in [0.1, 0.15) is 62.4 Å². The molecule has 1 aromatic heterocycles. The fourth-order valence-corrected chi connectivity index (χ4v) is 5.63. The van der Waals surface area contributed by atoms with E-state index in [4.69, 9.17) is 0 Å². The minimum absolute atomic E-state index is 0.289. The van der Waals surface area contributed by atoms with Crippen LogP contribution in [0.25, 0.3) is 0 Å². The van der Waals surface area contributed by atoms with Crippen molar-refractivity contribution in [3.05, 3.63) is 21.9 Å². The van der Waals surface area contributed by atoms with Gasteiger partial charge < -0.3 is 9.80 Å². The average Bonchev–Trinajstić information content (AvgIpc) is 3.15. The summed E-state index contributed by atoms with van der Waals surface area (Å²) in [5.74, 6) is 1.13. The average molecular weight is 392 g/mol. The molecule has 0 aliphatic carbocycles. The van der Waals surface area contributed by atoms with E-state index in [9.17, 15) is 4.79 Å². The Labute approximate surface area is 169 Å². The molecule has 3 rings (SSSR count). The zero-order valence-corrected chi connectivity index (χ0v) is 18.3. The van der Waals surface area contributed by atoms with Crippen molar-refractivity contribution in [2.45, 2.75) is 58.4 Å². The molecule has 1 unspecified atom stereocenters. The van der Waals surface area contributed by atoms with E-state index in [1.165, 1.54) is 49.2 Å². The molecule has 1 fully saturated rings. The van der Waals surface area contributed by atoms with Gasteiger partial charge in [0.25, 0.3) is 0 Å². The van der Waals surface area contributed by atoms with Gasteiger partial charge in [0.05, 0.1) is 12.6 Å². The largest absolute Gasteiger partial charge is 0.334 e. The minimum Gasteiger partial charge on any atom is -0.334 e. The first-order valence-corrected chi connectivity index (χ1v) is 11.8. The molecule has 5 heteroatoms. The SMILES string of the molecule is CCCCN(C)CC1CCN(CC(=O)N2CCc3sccc3C2CC)CC1. The van der Waals surface area contributed by atoms with E-state index in [0.29, 0.717) is 12.5 Å². The molecule has 0 saturated carbocycles. The number of unbranched alkanes of at least 4 members (excludes halogenated alkanes) is 1. The summed E-state index contributed by atoms with van der Waals surface area (Å²) >= 11 is 1.85. The van der Waals surface area contributed by atoms with Gasteiger partial charge in [-0.05, 0) is 81.7 Å². The topological polar surface area (TPSA) is 26.8 Å². The maximum Gasteiger partial charge on any atom is 0.237 e. The Hall–Kier alpha value is -0.910. The van der Waals surface area contributed by atoms with E-state index in [1.54, 1.807) is 0 Å². The first-order valence-electron chi connectivity index (χ1n) is 10.9. The number of fused-ring (bicyclic) bond motifs is 1. The maximum atomic E-state index is 13.0. The minimum atomic E-state index is 0.289. The number of carbonyl (C=O) groups excluding carboxylic acids is 1. The number of hydrogen-bond acceptors (Lipinski definition) is 4. The highest BCUT2D eigenvalue weighted by molar-refractivity contribution is 7.10. The highest BCUT2D eigenvalue weighted by Crippen LogP contribution is 2.35. The van der Waals surface area contributed by atoms with Gasteiger partial charge in [-0.15, -0.1) is 11.3 Å². The van der Waals surface area contributed by atoms with Crippen molar-refractivity contribution in [1.82, 2.24) is 14.7 Å². The Morgan fingerprint density at radius 3 is 2.74 bits per heavy atom. The van der Waals surface area contributed by atoms with E-state index in [2.05, 4.69) is 47.0 Å². The van der Waals surface area contributed by atoms with Crippen molar-refractivity contribution in [2.75, 3.05) is 46.3 Å². The standard InChI is InChI=1S/C22H37N3OS/c1-4-6-11-23(3)16-18-7-12-24(13-8-18)17-22(26)25-14-9-21-19(10-15-27-21)20(25)5-2/h10,15,18,20H,4-9,11-14,16-17H2,1-3H3. The van der Waals surface area contributed by atoms with Crippen LogP contribution in [0, 0.1) is 5.92 Å². The Morgan fingerprint density at radius 1 is 1.26 bits per heavy atom. The van der Waals surface area contributed by atoms with Gasteiger partial charge in [0.2, 0.25) is 5.91 Å². The number of thiophene rings is 1. The number of hydrogen-bond donors (Lipinski definition) is 0. The van der Waals surface area contributed by atoms with Crippen molar-refractivity contribution in [3.8, 4) is 0 Å². The Bertz CT molecular complexity index is 594. The van der Waals surface area contributed by atoms with Crippen molar-refractivity contribution >= 4 is 17.2 Å². The van der Waals surface area contributed by atoms with Crippen molar-refractivity contribution in [3.63, 3.8) is 0 Å². The number of nitrogens with zero attached hydrogens (tertiary/aromatic N) is 3. The number of piperidine rings is 1. The number of rotatable bonds is 8. The molecule has 1 amide bonds. The van der Waals surface area contributed by atoms with Gasteiger partial charge in [-0.1, -0.05) is 20.3 Å². The molecule has 1 atom stereocenters. The normalized spacial score (nSPS) is 21.6. The molecular formula is C22H37N3OS. The summed E-state index contributed by atoms with van der Waals surface area (Å²) in [4.78, 5) is 21.5. The molecule has 4 nitrogen and oxygen atoms in total. The molecule has 0 bridgehead atoms. The highest BCUT2D eigenvalue weighted by atomic mass is 32.1. The third-order valence-corrected chi connectivity index (χ3v) is 7.33. The smallest absolute Gasteiger partial charge is 0.237 e. The van der Waals surface area contributed by atoms with E-state index >= 15 is 0 Å². The lowest BCUT2D eigenvalue weighted by Gasteiger charge is -2.38. The van der Waals surface area contributed by atoms with Gasteiger partial charge in [-0.25, -0.2) is 0 Å². The molecular weight excluding hydrogens is 354 g/mol. The lowest BCUT2D eigenvalue weighted by Crippen LogP contribution is -2.47. The molecule has 3 heterocycles. The molecule has 0 aromatic carbocycles. The van der Waals surface area contributed by atoms with Gasteiger partial charge in [0.1, 0.15) is 0 Å². The van der Waals surface area contributed by atoms with Crippen LogP contribution in [0.5, 0.6) is 0 Å². The molecule has 1 aromatic rings. The fraction of sp³-hybridized carbons (Fsp3) is 0.773. The summed E-state index contributed by atoms with van der Waals surface area (Å²) in [5, 5.41) is 2.18. The van der Waals surface area contributed by atoms with Crippen molar-refractivity contribution < 1.29 is 4.79 Å². The zero-order valence-electron chi connectivity index (χ0n) is 17.5. The summed E-state index contributed by atoms with van der Waals surface area (Å²) in [7, 11) is 2.26. The molecule has 0 N–H and O–H groups in total. The molecule has 1 saturated heterocycles. The van der Waals surface area contributed by atoms with Crippen LogP contribution in [0.3, 0.4) is 0 Å². The molecule has 0 spiro atoms. The molecule has 0 radical (unpaired) electrons. The van der Waals surface area contributed by atoms with Gasteiger partial charge in [0.15, 0.2) is 0 Å².